The largest absolute Gasteiger partial charge is 0.288 e. The molecule has 0 fully saturated rings. The summed E-state index contributed by atoms with van der Waals surface area (Å²) in [5, 5.41) is 2.95. The minimum Gasteiger partial charge on any atom is -0.288 e. The van der Waals surface area contributed by atoms with E-state index in [9.17, 15) is 4.79 Å². The molecule has 3 heteroatoms. The molecule has 0 radical (unpaired) electrons. The van der Waals surface area contributed by atoms with E-state index in [1.807, 2.05) is 36.4 Å². The van der Waals surface area contributed by atoms with Gasteiger partial charge in [-0.1, -0.05) is 59.5 Å². The number of benzene rings is 2. The van der Waals surface area contributed by atoms with Crippen LogP contribution in [0.3, 0.4) is 0 Å². The quantitative estimate of drug-likeness (QED) is 0.597. The molecule has 96 valence electrons. The van der Waals surface area contributed by atoms with E-state index in [2.05, 4.69) is 11.8 Å². The average molecular weight is 289 g/mol. The first-order chi connectivity index (χ1) is 9.18. The molecule has 2 rings (SSSR count). The number of rotatable bonds is 2. The van der Waals surface area contributed by atoms with Crippen molar-refractivity contribution < 1.29 is 4.79 Å². The number of halogens is 1. The zero-order valence-electron chi connectivity index (χ0n) is 10.6. The third-order valence-electron chi connectivity index (χ3n) is 2.61. The molecule has 0 aliphatic heterocycles. The Morgan fingerprint density at radius 1 is 1.26 bits per heavy atom. The lowest BCUT2D eigenvalue weighted by molar-refractivity contribution is -0.109. The Bertz CT molecular complexity index is 662. The highest BCUT2D eigenvalue weighted by Crippen LogP contribution is 2.26. The first-order valence-corrected chi connectivity index (χ1v) is 7.34. The highest BCUT2D eigenvalue weighted by molar-refractivity contribution is 8.13. The van der Waals surface area contributed by atoms with E-state index in [0.29, 0.717) is 6.42 Å². The second-order valence-corrected chi connectivity index (χ2v) is 5.71. The van der Waals surface area contributed by atoms with Crippen LogP contribution in [0.15, 0.2) is 36.4 Å². The maximum absolute atomic E-state index is 10.8. The molecule has 0 heterocycles. The summed E-state index contributed by atoms with van der Waals surface area (Å²) in [5.74, 6) is 6.97. The Labute approximate surface area is 122 Å². The summed E-state index contributed by atoms with van der Waals surface area (Å²) in [5.41, 5.74) is 0.941. The van der Waals surface area contributed by atoms with Gasteiger partial charge in [0, 0.05) is 35.1 Å². The molecule has 2 aromatic carbocycles. The van der Waals surface area contributed by atoms with Crippen LogP contribution in [0, 0.1) is 11.8 Å². The topological polar surface area (TPSA) is 17.1 Å². The van der Waals surface area contributed by atoms with Gasteiger partial charge in [0.05, 0.1) is 0 Å². The fraction of sp³-hybridized carbons (Fsp3) is 0.188. The van der Waals surface area contributed by atoms with E-state index in [4.69, 9.17) is 11.6 Å². The Kier molecular flexibility index (Phi) is 4.90. The van der Waals surface area contributed by atoms with Gasteiger partial charge in [-0.15, -0.1) is 0 Å². The van der Waals surface area contributed by atoms with Gasteiger partial charge >= 0.3 is 0 Å². The van der Waals surface area contributed by atoms with Crippen molar-refractivity contribution >= 4 is 39.3 Å². The summed E-state index contributed by atoms with van der Waals surface area (Å²) in [6, 6.07) is 11.8. The van der Waals surface area contributed by atoms with Crippen molar-refractivity contribution in [3.05, 3.63) is 47.0 Å². The second kappa shape index (κ2) is 6.65. The van der Waals surface area contributed by atoms with Crippen LogP contribution in [0.25, 0.3) is 10.8 Å². The fourth-order valence-electron chi connectivity index (χ4n) is 1.80. The molecule has 0 aromatic heterocycles. The lowest BCUT2D eigenvalue weighted by atomic mass is 10.0. The average Bonchev–Trinajstić information content (AvgIpc) is 2.38. The Morgan fingerprint density at radius 3 is 2.74 bits per heavy atom. The number of carbonyl (C=O) groups excluding carboxylic acids is 1. The van der Waals surface area contributed by atoms with Gasteiger partial charge < -0.3 is 0 Å². The predicted molar refractivity (Wildman–Crippen MR) is 83.6 cm³/mol. The normalized spacial score (nSPS) is 10.0. The van der Waals surface area contributed by atoms with Crippen molar-refractivity contribution in [2.45, 2.75) is 13.3 Å². The van der Waals surface area contributed by atoms with Crippen molar-refractivity contribution in [1.82, 2.24) is 0 Å². The van der Waals surface area contributed by atoms with E-state index in [-0.39, 0.29) is 5.12 Å². The fourth-order valence-corrected chi connectivity index (χ4v) is 2.58. The van der Waals surface area contributed by atoms with Crippen LogP contribution >= 0.6 is 23.4 Å². The minimum atomic E-state index is 0.134. The SMILES string of the molecule is CC(=O)SCCC#Cc1cccc2cccc(Cl)c12. The van der Waals surface area contributed by atoms with Crippen molar-refractivity contribution in [2.24, 2.45) is 0 Å². The predicted octanol–water partition coefficient (Wildman–Crippen LogP) is 4.51. The van der Waals surface area contributed by atoms with E-state index >= 15 is 0 Å². The molecule has 0 unspecified atom stereocenters. The molecule has 0 bridgehead atoms. The summed E-state index contributed by atoms with van der Waals surface area (Å²) in [4.78, 5) is 10.8. The van der Waals surface area contributed by atoms with Gasteiger partial charge in [-0.3, -0.25) is 4.79 Å². The van der Waals surface area contributed by atoms with Crippen molar-refractivity contribution in [3.63, 3.8) is 0 Å². The molecule has 0 saturated heterocycles. The molecule has 0 N–H and O–H groups in total. The number of hydrogen-bond donors (Lipinski definition) is 0. The van der Waals surface area contributed by atoms with E-state index in [1.54, 1.807) is 6.92 Å². The summed E-state index contributed by atoms with van der Waals surface area (Å²) >= 11 is 7.53. The number of carbonyl (C=O) groups is 1. The van der Waals surface area contributed by atoms with Gasteiger partial charge in [-0.05, 0) is 17.5 Å². The third kappa shape index (κ3) is 3.76. The first-order valence-electron chi connectivity index (χ1n) is 5.98. The van der Waals surface area contributed by atoms with E-state index < -0.39 is 0 Å². The highest BCUT2D eigenvalue weighted by atomic mass is 35.5. The van der Waals surface area contributed by atoms with E-state index in [1.165, 1.54) is 11.8 Å². The third-order valence-corrected chi connectivity index (χ3v) is 3.74. The van der Waals surface area contributed by atoms with E-state index in [0.717, 1.165) is 27.1 Å². The molecule has 2 aromatic rings. The molecule has 0 spiro atoms. The standard InChI is InChI=1S/C16H13ClOS/c1-12(18)19-11-3-2-6-13-7-4-8-14-9-5-10-15(17)16(13)14/h4-5,7-10H,3,11H2,1H3. The summed E-state index contributed by atoms with van der Waals surface area (Å²) in [6.45, 7) is 1.57. The second-order valence-electron chi connectivity index (χ2n) is 4.04. The van der Waals surface area contributed by atoms with Gasteiger partial charge in [0.2, 0.25) is 0 Å². The molecule has 0 atom stereocenters. The van der Waals surface area contributed by atoms with Crippen LogP contribution in [-0.4, -0.2) is 10.9 Å². The number of thioether (sulfide) groups is 1. The van der Waals surface area contributed by atoms with Gasteiger partial charge in [0.15, 0.2) is 5.12 Å². The first kappa shape index (κ1) is 14.0. The lowest BCUT2D eigenvalue weighted by Crippen LogP contribution is -1.85. The minimum absolute atomic E-state index is 0.134. The molecule has 0 amide bonds. The number of fused-ring (bicyclic) bond motifs is 1. The van der Waals surface area contributed by atoms with Gasteiger partial charge in [-0.25, -0.2) is 0 Å². The number of hydrogen-bond acceptors (Lipinski definition) is 2. The maximum Gasteiger partial charge on any atom is 0.185 e. The van der Waals surface area contributed by atoms with Crippen LogP contribution in [0.2, 0.25) is 5.02 Å². The van der Waals surface area contributed by atoms with Crippen LogP contribution in [-0.2, 0) is 4.79 Å². The molecule has 19 heavy (non-hydrogen) atoms. The molecular weight excluding hydrogens is 276 g/mol. The van der Waals surface area contributed by atoms with Gasteiger partial charge in [-0.2, -0.15) is 0 Å². The van der Waals surface area contributed by atoms with Gasteiger partial charge in [0.25, 0.3) is 0 Å². The smallest absolute Gasteiger partial charge is 0.185 e. The molecular formula is C16H13ClOS. The Hall–Kier alpha value is -1.43. The summed E-state index contributed by atoms with van der Waals surface area (Å²) in [6.07, 6.45) is 0.699. The maximum atomic E-state index is 10.8. The molecule has 1 nitrogen and oxygen atoms in total. The van der Waals surface area contributed by atoms with Crippen molar-refractivity contribution in [1.29, 1.82) is 0 Å². The molecule has 0 saturated carbocycles. The summed E-state index contributed by atoms with van der Waals surface area (Å²) in [7, 11) is 0. The van der Waals surface area contributed by atoms with Crippen molar-refractivity contribution in [2.75, 3.05) is 5.75 Å². The van der Waals surface area contributed by atoms with Crippen LogP contribution in [0.4, 0.5) is 0 Å². The Morgan fingerprint density at radius 2 is 2.00 bits per heavy atom. The van der Waals surface area contributed by atoms with Crippen LogP contribution < -0.4 is 0 Å². The van der Waals surface area contributed by atoms with Crippen LogP contribution in [0.1, 0.15) is 18.9 Å². The zero-order chi connectivity index (χ0) is 13.7. The Balaban J connectivity index is 2.21. The van der Waals surface area contributed by atoms with Crippen LogP contribution in [0.5, 0.6) is 0 Å². The zero-order valence-corrected chi connectivity index (χ0v) is 12.1. The lowest BCUT2D eigenvalue weighted by Gasteiger charge is -2.02. The molecule has 0 aliphatic carbocycles. The molecule has 0 aliphatic rings. The monoisotopic (exact) mass is 288 g/mol. The summed E-state index contributed by atoms with van der Waals surface area (Å²) < 4.78 is 0. The van der Waals surface area contributed by atoms with Crippen molar-refractivity contribution in [3.8, 4) is 11.8 Å². The highest BCUT2D eigenvalue weighted by Gasteiger charge is 2.02. The van der Waals surface area contributed by atoms with Gasteiger partial charge in [0.1, 0.15) is 0 Å².